The van der Waals surface area contributed by atoms with Gasteiger partial charge in [-0.1, -0.05) is 33.3 Å². The van der Waals surface area contributed by atoms with E-state index in [4.69, 9.17) is 0 Å². The SMILES string of the molecule is C=CC=[C-]/C(=C\C)C(=O)NC1CCC(=O)NC1=O.CC.CC1CCN(C)CC1.[W]. The molecule has 7 heteroatoms. The van der Waals surface area contributed by atoms with E-state index in [0.717, 1.165) is 5.92 Å². The van der Waals surface area contributed by atoms with Crippen LogP contribution in [0.5, 0.6) is 0 Å². The third kappa shape index (κ3) is 12.6. The number of hydrogen-bond acceptors (Lipinski definition) is 4. The zero-order valence-corrected chi connectivity index (χ0v) is 21.4. The average molecular weight is 574 g/mol. The van der Waals surface area contributed by atoms with Gasteiger partial charge in [-0.3, -0.25) is 14.9 Å². The van der Waals surface area contributed by atoms with Gasteiger partial charge in [-0.15, -0.1) is 24.8 Å². The van der Waals surface area contributed by atoms with Crippen LogP contribution in [0.4, 0.5) is 0 Å². The number of hydrogen-bond donors (Lipinski definition) is 2. The number of nitrogens with zero attached hydrogens (tertiary/aromatic N) is 1. The van der Waals surface area contributed by atoms with Gasteiger partial charge in [0.1, 0.15) is 6.04 Å². The van der Waals surface area contributed by atoms with E-state index in [2.05, 4.69) is 42.2 Å². The normalized spacial score (nSPS) is 20.3. The van der Waals surface area contributed by atoms with Crippen LogP contribution in [0, 0.1) is 12.0 Å². The van der Waals surface area contributed by atoms with Crippen molar-refractivity contribution in [3.05, 3.63) is 36.5 Å². The molecule has 0 bridgehead atoms. The van der Waals surface area contributed by atoms with E-state index in [1.54, 1.807) is 13.0 Å². The molecule has 2 N–H and O–H groups in total. The van der Waals surface area contributed by atoms with Gasteiger partial charge in [-0.05, 0) is 45.3 Å². The molecule has 1 unspecified atom stereocenters. The number of nitrogens with one attached hydrogen (secondary N) is 2. The number of carbonyl (C=O) groups excluding carboxylic acids is 3. The molecule has 2 fully saturated rings. The van der Waals surface area contributed by atoms with Gasteiger partial charge in [0.05, 0.1) is 0 Å². The Bertz CT molecular complexity index is 570. The molecule has 6 nitrogen and oxygen atoms in total. The van der Waals surface area contributed by atoms with E-state index < -0.39 is 17.9 Å². The topological polar surface area (TPSA) is 78.5 Å². The molecule has 0 aromatic rings. The van der Waals surface area contributed by atoms with E-state index in [0.29, 0.717) is 12.0 Å². The Morgan fingerprint density at radius 2 is 1.83 bits per heavy atom. The summed E-state index contributed by atoms with van der Waals surface area (Å²) in [5, 5.41) is 4.74. The number of imide groups is 1. The maximum Gasteiger partial charge on any atom is 0.248 e. The van der Waals surface area contributed by atoms with Crippen LogP contribution >= 0.6 is 0 Å². The largest absolute Gasteiger partial charge is 0.381 e. The molecule has 0 saturated carbocycles. The van der Waals surface area contributed by atoms with Gasteiger partial charge < -0.3 is 15.0 Å². The van der Waals surface area contributed by atoms with E-state index in [-0.39, 0.29) is 33.4 Å². The average Bonchev–Trinajstić information content (AvgIpc) is 2.69. The van der Waals surface area contributed by atoms with Crippen LogP contribution in [0.25, 0.3) is 0 Å². The molecule has 0 spiro atoms. The summed E-state index contributed by atoms with van der Waals surface area (Å²) in [6.45, 7) is 14.1. The van der Waals surface area contributed by atoms with Crippen molar-refractivity contribution in [3.8, 4) is 0 Å². The summed E-state index contributed by atoms with van der Waals surface area (Å²) in [6, 6.07) is -0.671. The van der Waals surface area contributed by atoms with Crippen LogP contribution in [-0.2, 0) is 35.4 Å². The molecule has 0 aliphatic carbocycles. The fourth-order valence-corrected chi connectivity index (χ4v) is 2.63. The van der Waals surface area contributed by atoms with Gasteiger partial charge in [-0.2, -0.15) is 6.08 Å². The molecule has 164 valence electrons. The monoisotopic (exact) mass is 574 g/mol. The van der Waals surface area contributed by atoms with Crippen molar-refractivity contribution in [2.45, 2.75) is 59.4 Å². The van der Waals surface area contributed by atoms with Gasteiger partial charge in [0.2, 0.25) is 11.8 Å². The van der Waals surface area contributed by atoms with Gasteiger partial charge in [0, 0.05) is 27.5 Å². The van der Waals surface area contributed by atoms with Crippen molar-refractivity contribution < 1.29 is 35.4 Å². The first-order chi connectivity index (χ1) is 13.4. The molecule has 0 aromatic carbocycles. The van der Waals surface area contributed by atoms with Crippen molar-refractivity contribution in [3.63, 3.8) is 0 Å². The molecule has 2 saturated heterocycles. The zero-order chi connectivity index (χ0) is 21.5. The van der Waals surface area contributed by atoms with Crippen molar-refractivity contribution in [2.75, 3.05) is 20.1 Å². The minimum atomic E-state index is -0.671. The number of rotatable bonds is 4. The Labute approximate surface area is 190 Å². The minimum absolute atomic E-state index is 0. The summed E-state index contributed by atoms with van der Waals surface area (Å²) in [7, 11) is 2.20. The number of allylic oxidation sites excluding steroid dienone is 3. The summed E-state index contributed by atoms with van der Waals surface area (Å²) >= 11 is 0. The third-order valence-electron chi connectivity index (χ3n) is 4.44. The third-order valence-corrected chi connectivity index (χ3v) is 4.44. The number of piperidine rings is 2. The summed E-state index contributed by atoms with van der Waals surface area (Å²) < 4.78 is 0. The molecule has 2 rings (SSSR count). The first-order valence-corrected chi connectivity index (χ1v) is 10.1. The maximum absolute atomic E-state index is 11.8. The first-order valence-electron chi connectivity index (χ1n) is 10.1. The van der Waals surface area contributed by atoms with Crippen molar-refractivity contribution in [1.29, 1.82) is 0 Å². The summed E-state index contributed by atoms with van der Waals surface area (Å²) in [5.41, 5.74) is 0.319. The second-order valence-corrected chi connectivity index (χ2v) is 6.71. The fourth-order valence-electron chi connectivity index (χ4n) is 2.63. The van der Waals surface area contributed by atoms with Gasteiger partial charge >= 0.3 is 0 Å². The number of carbonyl (C=O) groups is 3. The van der Waals surface area contributed by atoms with E-state index in [9.17, 15) is 14.4 Å². The Hall–Kier alpha value is -1.52. The van der Waals surface area contributed by atoms with Crippen molar-refractivity contribution >= 4 is 17.7 Å². The van der Waals surface area contributed by atoms with Crippen LogP contribution in [0.15, 0.2) is 30.4 Å². The van der Waals surface area contributed by atoms with E-state index in [1.165, 1.54) is 38.1 Å². The predicted octanol–water partition coefficient (Wildman–Crippen LogP) is 2.77. The fraction of sp³-hybridized carbons (Fsp3) is 0.591. The van der Waals surface area contributed by atoms with Crippen LogP contribution in [0.3, 0.4) is 0 Å². The van der Waals surface area contributed by atoms with Crippen LogP contribution in [-0.4, -0.2) is 48.8 Å². The molecule has 0 aromatic heterocycles. The summed E-state index contributed by atoms with van der Waals surface area (Å²) in [6.07, 6.45) is 10.7. The van der Waals surface area contributed by atoms with Crippen LogP contribution in [0.2, 0.25) is 0 Å². The van der Waals surface area contributed by atoms with Crippen molar-refractivity contribution in [1.82, 2.24) is 15.5 Å². The minimum Gasteiger partial charge on any atom is -0.381 e. The molecule has 2 aliphatic heterocycles. The predicted molar refractivity (Wildman–Crippen MR) is 113 cm³/mol. The maximum atomic E-state index is 11.8. The molecule has 1 atom stereocenters. The molecule has 2 aliphatic rings. The zero-order valence-electron chi connectivity index (χ0n) is 18.4. The van der Waals surface area contributed by atoms with Gasteiger partial charge in [0.25, 0.3) is 0 Å². The molecule has 0 radical (unpaired) electrons. The summed E-state index contributed by atoms with van der Waals surface area (Å²) in [5.74, 6) is -0.200. The standard InChI is InChI=1S/C13H15N2O3.C7H15N.C2H6.W/c1-3-5-6-9(4-2)12(17)14-10-7-8-11(16)15-13(10)18;1-7-3-5-8(2)6-4-7;1-2;/h3-5,10H,1,7-8H2,2H3,(H,14,17)(H,15,16,18);7H,3-6H2,1-2H3;1-2H3;/q-1;;;/b9-4+;;;. The van der Waals surface area contributed by atoms with Gasteiger partial charge in [-0.25, -0.2) is 0 Å². The Balaban J connectivity index is 0. The summed E-state index contributed by atoms with van der Waals surface area (Å²) in [4.78, 5) is 36.6. The smallest absolute Gasteiger partial charge is 0.248 e. The Kier molecular flexibility index (Phi) is 17.8. The van der Waals surface area contributed by atoms with Crippen LogP contribution < -0.4 is 10.6 Å². The molecule has 2 heterocycles. The molecule has 3 amide bonds. The Morgan fingerprint density at radius 1 is 1.24 bits per heavy atom. The van der Waals surface area contributed by atoms with Gasteiger partial charge in [0.15, 0.2) is 5.91 Å². The van der Waals surface area contributed by atoms with E-state index >= 15 is 0 Å². The Morgan fingerprint density at radius 3 is 2.28 bits per heavy atom. The second-order valence-electron chi connectivity index (χ2n) is 6.71. The quantitative estimate of drug-likeness (QED) is 0.235. The molecular formula is C22H36N3O3W-. The van der Waals surface area contributed by atoms with Crippen molar-refractivity contribution in [2.24, 2.45) is 5.92 Å². The van der Waals surface area contributed by atoms with E-state index in [1.807, 2.05) is 13.8 Å². The van der Waals surface area contributed by atoms with Crippen LogP contribution in [0.1, 0.15) is 53.4 Å². The number of likely N-dealkylation sites (tertiary alicyclic amines) is 1. The second kappa shape index (κ2) is 17.3. The molecular weight excluding hydrogens is 538 g/mol. The first kappa shape index (κ1) is 29.7. The molecule has 29 heavy (non-hydrogen) atoms. The number of amides is 3.